The molecule has 0 unspecified atom stereocenters. The first-order valence-corrected chi connectivity index (χ1v) is 8.73. The molecular weight excluding hydrogens is 328 g/mol. The first-order chi connectivity index (χ1) is 11.4. The van der Waals surface area contributed by atoms with E-state index in [0.29, 0.717) is 12.0 Å². The number of allylic oxidation sites excluding steroid dienone is 2. The van der Waals surface area contributed by atoms with Crippen LogP contribution in [0.2, 0.25) is 0 Å². The van der Waals surface area contributed by atoms with Crippen LogP contribution >= 0.6 is 11.3 Å². The number of methoxy groups -OCH3 is 2. The molecule has 1 aromatic heterocycles. The van der Waals surface area contributed by atoms with Gasteiger partial charge in [0.05, 0.1) is 14.2 Å². The van der Waals surface area contributed by atoms with Crippen LogP contribution in [0.15, 0.2) is 28.7 Å². The van der Waals surface area contributed by atoms with E-state index in [9.17, 15) is 14.4 Å². The summed E-state index contributed by atoms with van der Waals surface area (Å²) in [4.78, 5) is 38.1. The van der Waals surface area contributed by atoms with Crippen molar-refractivity contribution >= 4 is 29.1 Å². The second kappa shape index (κ2) is 7.75. The summed E-state index contributed by atoms with van der Waals surface area (Å²) >= 11 is 1.68. The Labute approximate surface area is 145 Å². The third-order valence-corrected chi connectivity index (χ3v) is 5.39. The smallest absolute Gasteiger partial charge is 0.323 e. The second-order valence-electron chi connectivity index (χ2n) is 6.03. The van der Waals surface area contributed by atoms with E-state index >= 15 is 0 Å². The maximum absolute atomic E-state index is 12.5. The van der Waals surface area contributed by atoms with Crippen molar-refractivity contribution in [3.63, 3.8) is 0 Å². The van der Waals surface area contributed by atoms with Gasteiger partial charge in [-0.25, -0.2) is 0 Å². The minimum atomic E-state index is -1.41. The normalized spacial score (nSPS) is 16.1. The molecule has 24 heavy (non-hydrogen) atoms. The number of esters is 2. The van der Waals surface area contributed by atoms with Gasteiger partial charge in [0.1, 0.15) is 0 Å². The molecule has 0 saturated carbocycles. The fourth-order valence-corrected chi connectivity index (χ4v) is 3.95. The van der Waals surface area contributed by atoms with Gasteiger partial charge in [0, 0.05) is 17.7 Å². The van der Waals surface area contributed by atoms with Crippen LogP contribution in [0.5, 0.6) is 0 Å². The van der Waals surface area contributed by atoms with Crippen molar-refractivity contribution < 1.29 is 23.9 Å². The molecule has 0 atom stereocenters. The van der Waals surface area contributed by atoms with E-state index in [0.717, 1.165) is 18.4 Å². The average molecular weight is 350 g/mol. The van der Waals surface area contributed by atoms with Crippen LogP contribution in [0.1, 0.15) is 37.5 Å². The van der Waals surface area contributed by atoms with Crippen LogP contribution in [0.4, 0.5) is 0 Å². The molecule has 130 valence electrons. The van der Waals surface area contributed by atoms with E-state index in [1.807, 2.05) is 11.4 Å². The Morgan fingerprint density at radius 3 is 2.38 bits per heavy atom. The summed E-state index contributed by atoms with van der Waals surface area (Å²) in [6, 6.07) is 4.04. The minimum absolute atomic E-state index is 0.00117. The third kappa shape index (κ3) is 3.59. The molecule has 0 spiro atoms. The van der Waals surface area contributed by atoms with Gasteiger partial charge in [-0.2, -0.15) is 0 Å². The highest BCUT2D eigenvalue weighted by atomic mass is 32.1. The monoisotopic (exact) mass is 350 g/mol. The van der Waals surface area contributed by atoms with Crippen molar-refractivity contribution in [3.8, 4) is 0 Å². The van der Waals surface area contributed by atoms with Crippen molar-refractivity contribution in [1.82, 2.24) is 0 Å². The Hall–Kier alpha value is -1.95. The lowest BCUT2D eigenvalue weighted by molar-refractivity contribution is -0.168. The predicted molar refractivity (Wildman–Crippen MR) is 90.7 cm³/mol. The zero-order valence-electron chi connectivity index (χ0n) is 14.2. The number of thiophene rings is 1. The molecule has 0 aromatic carbocycles. The van der Waals surface area contributed by atoms with Crippen molar-refractivity contribution in [1.29, 1.82) is 0 Å². The number of Topliss-reactive ketones (excluding diaryl/α,β-unsaturated/α-hetero) is 1. The molecule has 1 aromatic rings. The van der Waals surface area contributed by atoms with Gasteiger partial charge in [0.25, 0.3) is 0 Å². The molecule has 0 radical (unpaired) electrons. The lowest BCUT2D eigenvalue weighted by atomic mass is 9.83. The largest absolute Gasteiger partial charge is 0.468 e. The Kier molecular flexibility index (Phi) is 5.94. The summed E-state index contributed by atoms with van der Waals surface area (Å²) in [7, 11) is 2.48. The second-order valence-corrected chi connectivity index (χ2v) is 7.07. The molecule has 0 aliphatic heterocycles. The molecule has 5 nitrogen and oxygen atoms in total. The highest BCUT2D eigenvalue weighted by Gasteiger charge is 2.53. The first kappa shape index (κ1) is 18.4. The molecule has 1 aliphatic rings. The van der Waals surface area contributed by atoms with Crippen LogP contribution in [-0.4, -0.2) is 31.9 Å². The van der Waals surface area contributed by atoms with Gasteiger partial charge >= 0.3 is 11.9 Å². The SMILES string of the molecule is COC(=O)C1(C(=O)OC)CC(C)=C(C(=O)CCCc2cccs2)C1. The molecule has 6 heteroatoms. The average Bonchev–Trinajstić information content (AvgIpc) is 3.21. The summed E-state index contributed by atoms with van der Waals surface area (Å²) < 4.78 is 9.58. The molecule has 1 heterocycles. The standard InChI is InChI=1S/C18H22O5S/c1-12-10-18(16(20)22-2,17(21)23-3)11-14(12)15(19)8-4-6-13-7-5-9-24-13/h5,7,9H,4,6,8,10-11H2,1-3H3. The Morgan fingerprint density at radius 1 is 1.17 bits per heavy atom. The number of carbonyl (C=O) groups excluding carboxylic acids is 3. The predicted octanol–water partition coefficient (Wildman–Crippen LogP) is 3.08. The lowest BCUT2D eigenvalue weighted by Gasteiger charge is -2.23. The van der Waals surface area contributed by atoms with E-state index in [1.54, 1.807) is 18.3 Å². The number of ether oxygens (including phenoxy) is 2. The van der Waals surface area contributed by atoms with E-state index in [-0.39, 0.29) is 18.6 Å². The highest BCUT2D eigenvalue weighted by molar-refractivity contribution is 7.09. The maximum Gasteiger partial charge on any atom is 0.323 e. The number of carbonyl (C=O) groups is 3. The van der Waals surface area contributed by atoms with Gasteiger partial charge < -0.3 is 9.47 Å². The molecule has 0 fully saturated rings. The van der Waals surface area contributed by atoms with Crippen LogP contribution < -0.4 is 0 Å². The van der Waals surface area contributed by atoms with Gasteiger partial charge in [-0.05, 0) is 43.2 Å². The molecule has 2 rings (SSSR count). The zero-order chi connectivity index (χ0) is 17.7. The van der Waals surface area contributed by atoms with Crippen LogP contribution in [0.3, 0.4) is 0 Å². The van der Waals surface area contributed by atoms with Gasteiger partial charge in [-0.3, -0.25) is 14.4 Å². The van der Waals surface area contributed by atoms with E-state index in [2.05, 4.69) is 6.07 Å². The lowest BCUT2D eigenvalue weighted by Crippen LogP contribution is -2.39. The van der Waals surface area contributed by atoms with Crippen LogP contribution in [0.25, 0.3) is 0 Å². The number of hydrogen-bond acceptors (Lipinski definition) is 6. The van der Waals surface area contributed by atoms with E-state index in [4.69, 9.17) is 9.47 Å². The molecule has 1 aliphatic carbocycles. The summed E-state index contributed by atoms with van der Waals surface area (Å²) in [5, 5.41) is 2.02. The Bertz CT molecular complexity index is 641. The third-order valence-electron chi connectivity index (χ3n) is 4.46. The Morgan fingerprint density at radius 2 is 1.83 bits per heavy atom. The Balaban J connectivity index is 2.04. The molecule has 0 saturated heterocycles. The van der Waals surface area contributed by atoms with Gasteiger partial charge in [0.15, 0.2) is 11.2 Å². The summed E-state index contributed by atoms with van der Waals surface area (Å²) in [5.41, 5.74) is -0.0734. The molecule has 0 amide bonds. The summed E-state index contributed by atoms with van der Waals surface area (Å²) in [5.74, 6) is -1.29. The van der Waals surface area contributed by atoms with Crippen LogP contribution in [0, 0.1) is 5.41 Å². The number of aryl methyl sites for hydroxylation is 1. The number of hydrogen-bond donors (Lipinski definition) is 0. The van der Waals surface area contributed by atoms with E-state index < -0.39 is 17.4 Å². The highest BCUT2D eigenvalue weighted by Crippen LogP contribution is 2.44. The van der Waals surface area contributed by atoms with Crippen molar-refractivity contribution in [2.24, 2.45) is 5.41 Å². The van der Waals surface area contributed by atoms with Crippen LogP contribution in [-0.2, 0) is 30.3 Å². The van der Waals surface area contributed by atoms with Gasteiger partial charge in [0.2, 0.25) is 0 Å². The fraction of sp³-hybridized carbons (Fsp3) is 0.500. The summed E-state index contributed by atoms with van der Waals surface area (Å²) in [6.07, 6.45) is 2.26. The molecule has 0 N–H and O–H groups in total. The maximum atomic E-state index is 12.5. The van der Waals surface area contributed by atoms with Gasteiger partial charge in [-0.1, -0.05) is 11.6 Å². The topological polar surface area (TPSA) is 69.7 Å². The quantitative estimate of drug-likeness (QED) is 0.558. The van der Waals surface area contributed by atoms with Crippen molar-refractivity contribution in [2.45, 2.75) is 39.0 Å². The summed E-state index contributed by atoms with van der Waals surface area (Å²) in [6.45, 7) is 1.79. The fourth-order valence-electron chi connectivity index (χ4n) is 3.20. The van der Waals surface area contributed by atoms with Crippen molar-refractivity contribution in [2.75, 3.05) is 14.2 Å². The zero-order valence-corrected chi connectivity index (χ0v) is 15.0. The first-order valence-electron chi connectivity index (χ1n) is 7.85. The van der Waals surface area contributed by atoms with Gasteiger partial charge in [-0.15, -0.1) is 11.3 Å². The van der Waals surface area contributed by atoms with Crippen molar-refractivity contribution in [3.05, 3.63) is 33.5 Å². The van der Waals surface area contributed by atoms with E-state index in [1.165, 1.54) is 19.1 Å². The number of ketones is 1. The molecular formula is C18H22O5S. The molecule has 0 bridgehead atoms. The number of rotatable bonds is 7. The minimum Gasteiger partial charge on any atom is -0.468 e.